The number of hydrogen-bond acceptors (Lipinski definition) is 5. The molecule has 0 saturated carbocycles. The minimum atomic E-state index is -0.657. The molecule has 1 aromatic carbocycles. The van der Waals surface area contributed by atoms with Crippen LogP contribution in [0, 0.1) is 5.82 Å². The molecule has 0 spiro atoms. The fourth-order valence-electron chi connectivity index (χ4n) is 1.16. The van der Waals surface area contributed by atoms with Crippen LogP contribution in [0.3, 0.4) is 0 Å². The zero-order chi connectivity index (χ0) is 11.5. The van der Waals surface area contributed by atoms with Crippen LogP contribution in [-0.4, -0.2) is 15.3 Å². The van der Waals surface area contributed by atoms with Crippen molar-refractivity contribution in [3.63, 3.8) is 0 Å². The smallest absolute Gasteiger partial charge is 0.178 e. The van der Waals surface area contributed by atoms with Gasteiger partial charge in [0, 0.05) is 0 Å². The van der Waals surface area contributed by atoms with E-state index in [-0.39, 0.29) is 5.82 Å². The maximum absolute atomic E-state index is 13.6. The predicted octanol–water partition coefficient (Wildman–Crippen LogP) is 2.88. The summed E-state index contributed by atoms with van der Waals surface area (Å²) in [6.07, 6.45) is -0.657. The van der Waals surface area contributed by atoms with E-state index in [4.69, 9.17) is 0 Å². The number of hydrogen-bond donors (Lipinski definition) is 1. The van der Waals surface area contributed by atoms with E-state index in [0.29, 0.717) is 14.8 Å². The third-order valence-corrected chi connectivity index (χ3v) is 3.80. The molecule has 0 unspecified atom stereocenters. The van der Waals surface area contributed by atoms with E-state index in [0.717, 1.165) is 0 Å². The summed E-state index contributed by atoms with van der Waals surface area (Å²) < 4.78 is 14.3. The molecule has 1 N–H and O–H groups in total. The summed E-state index contributed by atoms with van der Waals surface area (Å²) in [5, 5.41) is 16.8. The maximum Gasteiger partial charge on any atom is 0.178 e. The highest BCUT2D eigenvalue weighted by molar-refractivity contribution is 8.01. The topological polar surface area (TPSA) is 46.0 Å². The lowest BCUT2D eigenvalue weighted by Crippen LogP contribution is -1.92. The van der Waals surface area contributed by atoms with Crippen molar-refractivity contribution in [2.24, 2.45) is 0 Å². The predicted molar refractivity (Wildman–Crippen MR) is 61.1 cm³/mol. The number of rotatable bonds is 3. The van der Waals surface area contributed by atoms with Crippen LogP contribution in [0.25, 0.3) is 0 Å². The minimum absolute atomic E-state index is 0.349. The Morgan fingerprint density at radius 2 is 2.31 bits per heavy atom. The lowest BCUT2D eigenvalue weighted by Gasteiger charge is -2.06. The molecule has 0 aliphatic rings. The van der Waals surface area contributed by atoms with Gasteiger partial charge in [0.2, 0.25) is 0 Å². The van der Waals surface area contributed by atoms with E-state index in [2.05, 4.69) is 10.2 Å². The first-order chi connectivity index (χ1) is 7.66. The third-order valence-electron chi connectivity index (χ3n) is 1.98. The van der Waals surface area contributed by atoms with Gasteiger partial charge in [-0.25, -0.2) is 4.39 Å². The minimum Gasteiger partial charge on any atom is -0.389 e. The zero-order valence-corrected chi connectivity index (χ0v) is 10.1. The first-order valence-corrected chi connectivity index (χ1v) is 6.28. The Balaban J connectivity index is 2.23. The van der Waals surface area contributed by atoms with Crippen LogP contribution < -0.4 is 0 Å². The van der Waals surface area contributed by atoms with Crippen molar-refractivity contribution in [3.05, 3.63) is 35.1 Å². The molecule has 1 aromatic heterocycles. The Hall–Kier alpha value is -0.980. The number of nitrogens with zero attached hydrogens (tertiary/aromatic N) is 2. The monoisotopic (exact) mass is 256 g/mol. The van der Waals surface area contributed by atoms with E-state index >= 15 is 0 Å². The number of halogens is 1. The van der Waals surface area contributed by atoms with E-state index in [1.54, 1.807) is 24.6 Å². The van der Waals surface area contributed by atoms with Gasteiger partial charge < -0.3 is 5.11 Å². The normalized spacial score (nSPS) is 12.7. The Bertz CT molecular complexity index is 474. The highest BCUT2D eigenvalue weighted by Gasteiger charge is 2.09. The number of benzene rings is 1. The van der Waals surface area contributed by atoms with Gasteiger partial charge in [-0.05, 0) is 24.6 Å². The van der Waals surface area contributed by atoms with Crippen molar-refractivity contribution in [1.29, 1.82) is 0 Å². The summed E-state index contributed by atoms with van der Waals surface area (Å²) in [6, 6.07) is 4.69. The first-order valence-electron chi connectivity index (χ1n) is 4.58. The van der Waals surface area contributed by atoms with E-state index in [1.165, 1.54) is 29.2 Å². The lowest BCUT2D eigenvalue weighted by atomic mass is 10.1. The van der Waals surface area contributed by atoms with Crippen LogP contribution in [0.15, 0.2) is 32.9 Å². The van der Waals surface area contributed by atoms with Crippen molar-refractivity contribution >= 4 is 23.1 Å². The second-order valence-electron chi connectivity index (χ2n) is 3.17. The summed E-state index contributed by atoms with van der Waals surface area (Å²) in [5.41, 5.74) is 2.17. The molecule has 0 aliphatic heterocycles. The standard InChI is InChI=1S/C10H9FN2OS2/c1-6(14)7-2-3-9(8(11)4-7)16-10-13-12-5-15-10/h2-6,14H,1H3/t6-/m0/s1. The fourth-order valence-corrected chi connectivity index (χ4v) is 2.60. The highest BCUT2D eigenvalue weighted by atomic mass is 32.2. The van der Waals surface area contributed by atoms with Crippen LogP contribution in [0.4, 0.5) is 4.39 Å². The Kier molecular flexibility index (Phi) is 3.52. The molecule has 1 heterocycles. The molecule has 0 fully saturated rings. The summed E-state index contributed by atoms with van der Waals surface area (Å²) in [7, 11) is 0. The Morgan fingerprint density at radius 1 is 1.50 bits per heavy atom. The molecule has 2 rings (SSSR count). The largest absolute Gasteiger partial charge is 0.389 e. The van der Waals surface area contributed by atoms with Gasteiger partial charge >= 0.3 is 0 Å². The summed E-state index contributed by atoms with van der Waals surface area (Å²) in [5.74, 6) is -0.349. The molecule has 16 heavy (non-hydrogen) atoms. The van der Waals surface area contributed by atoms with Gasteiger partial charge in [-0.1, -0.05) is 29.2 Å². The van der Waals surface area contributed by atoms with Gasteiger partial charge in [-0.3, -0.25) is 0 Å². The Morgan fingerprint density at radius 3 is 2.88 bits per heavy atom. The summed E-state index contributed by atoms with van der Waals surface area (Å²) in [6.45, 7) is 1.60. The Labute approximate surface area is 100 Å². The quantitative estimate of drug-likeness (QED) is 0.917. The van der Waals surface area contributed by atoms with Crippen molar-refractivity contribution in [3.8, 4) is 0 Å². The molecule has 2 aromatic rings. The van der Waals surface area contributed by atoms with Gasteiger partial charge in [0.05, 0.1) is 11.0 Å². The molecule has 0 aliphatic carbocycles. The van der Waals surface area contributed by atoms with Gasteiger partial charge in [-0.2, -0.15) is 0 Å². The first kappa shape index (κ1) is 11.5. The second-order valence-corrected chi connectivity index (χ2v) is 5.29. The molecule has 0 bridgehead atoms. The fraction of sp³-hybridized carbons (Fsp3) is 0.200. The molecule has 0 saturated heterocycles. The molecule has 0 amide bonds. The molecule has 6 heteroatoms. The average Bonchev–Trinajstić information content (AvgIpc) is 2.73. The molecular weight excluding hydrogens is 247 g/mol. The zero-order valence-electron chi connectivity index (χ0n) is 8.42. The van der Waals surface area contributed by atoms with Gasteiger partial charge in [0.15, 0.2) is 4.34 Å². The summed E-state index contributed by atoms with van der Waals surface area (Å²) in [4.78, 5) is 0.487. The van der Waals surface area contributed by atoms with Crippen molar-refractivity contribution < 1.29 is 9.50 Å². The molecule has 0 radical (unpaired) electrons. The number of aliphatic hydroxyl groups is 1. The van der Waals surface area contributed by atoms with E-state index in [9.17, 15) is 9.50 Å². The van der Waals surface area contributed by atoms with Crippen LogP contribution >= 0.6 is 23.1 Å². The van der Waals surface area contributed by atoms with Gasteiger partial charge in [0.25, 0.3) is 0 Å². The van der Waals surface area contributed by atoms with Gasteiger partial charge in [-0.15, -0.1) is 10.2 Å². The van der Waals surface area contributed by atoms with Crippen LogP contribution in [0.5, 0.6) is 0 Å². The van der Waals surface area contributed by atoms with E-state index < -0.39 is 6.10 Å². The number of aliphatic hydroxyl groups excluding tert-OH is 1. The van der Waals surface area contributed by atoms with Crippen LogP contribution in [-0.2, 0) is 0 Å². The lowest BCUT2D eigenvalue weighted by molar-refractivity contribution is 0.198. The van der Waals surface area contributed by atoms with Crippen molar-refractivity contribution in [2.45, 2.75) is 22.3 Å². The van der Waals surface area contributed by atoms with Crippen LogP contribution in [0.2, 0.25) is 0 Å². The van der Waals surface area contributed by atoms with E-state index in [1.807, 2.05) is 0 Å². The van der Waals surface area contributed by atoms with Crippen molar-refractivity contribution in [1.82, 2.24) is 10.2 Å². The molecule has 3 nitrogen and oxygen atoms in total. The SMILES string of the molecule is C[C@H](O)c1ccc(Sc2nncs2)c(F)c1. The van der Waals surface area contributed by atoms with Crippen LogP contribution in [0.1, 0.15) is 18.6 Å². The highest BCUT2D eigenvalue weighted by Crippen LogP contribution is 2.31. The summed E-state index contributed by atoms with van der Waals surface area (Å²) >= 11 is 2.59. The van der Waals surface area contributed by atoms with Crippen molar-refractivity contribution in [2.75, 3.05) is 0 Å². The maximum atomic E-state index is 13.6. The second kappa shape index (κ2) is 4.90. The third kappa shape index (κ3) is 2.58. The number of aromatic nitrogens is 2. The average molecular weight is 256 g/mol. The molecule has 1 atom stereocenters. The molecular formula is C10H9FN2OS2. The van der Waals surface area contributed by atoms with Gasteiger partial charge in [0.1, 0.15) is 11.3 Å². The molecule has 84 valence electrons.